The van der Waals surface area contributed by atoms with Gasteiger partial charge >= 0.3 is 12.1 Å². The second kappa shape index (κ2) is 10.9. The van der Waals surface area contributed by atoms with Gasteiger partial charge in [0.15, 0.2) is 0 Å². The van der Waals surface area contributed by atoms with Crippen molar-refractivity contribution in [3.63, 3.8) is 0 Å². The summed E-state index contributed by atoms with van der Waals surface area (Å²) in [7, 11) is 1.20. The van der Waals surface area contributed by atoms with E-state index < -0.39 is 24.3 Å². The van der Waals surface area contributed by atoms with Gasteiger partial charge in [-0.15, -0.1) is 0 Å². The molecule has 27 heavy (non-hydrogen) atoms. The molecule has 0 spiro atoms. The molecule has 1 heterocycles. The summed E-state index contributed by atoms with van der Waals surface area (Å²) < 4.78 is 10.5. The number of esters is 1. The average molecular weight is 444 g/mol. The van der Waals surface area contributed by atoms with Crippen LogP contribution in [-0.2, 0) is 25.7 Å². The lowest BCUT2D eigenvalue weighted by Crippen LogP contribution is -2.47. The molecule has 0 aliphatic carbocycles. The van der Waals surface area contributed by atoms with Gasteiger partial charge < -0.3 is 19.9 Å². The molecule has 3 atom stereocenters. The number of aliphatic hydroxyl groups is 1. The standard InChI is InChI=1S/C17H22BrN3O6/c1-25-16(23)13(8-15(22)19-9-12-7-14(18)21-27-12)20-17(24)26-10-11-5-3-2-4-6-11/h2-7,12-13,15,19,21-22H,8-10H2,1H3,(H,20,24)/t12?,13-,15?/m0/s1. The van der Waals surface area contributed by atoms with Gasteiger partial charge in [0.25, 0.3) is 0 Å². The van der Waals surface area contributed by atoms with Gasteiger partial charge in [-0.2, -0.15) is 0 Å². The van der Waals surface area contributed by atoms with E-state index in [1.54, 1.807) is 6.08 Å². The number of rotatable bonds is 9. The van der Waals surface area contributed by atoms with Crippen molar-refractivity contribution in [3.05, 3.63) is 46.6 Å². The highest BCUT2D eigenvalue weighted by atomic mass is 79.9. The summed E-state index contributed by atoms with van der Waals surface area (Å²) in [5, 5.41) is 15.3. The monoisotopic (exact) mass is 443 g/mol. The molecule has 9 nitrogen and oxygen atoms in total. The van der Waals surface area contributed by atoms with Crippen molar-refractivity contribution >= 4 is 28.0 Å². The smallest absolute Gasteiger partial charge is 0.408 e. The van der Waals surface area contributed by atoms with Crippen molar-refractivity contribution in [2.45, 2.75) is 31.4 Å². The highest BCUT2D eigenvalue weighted by Crippen LogP contribution is 2.11. The Morgan fingerprint density at radius 3 is 2.74 bits per heavy atom. The third-order valence-electron chi connectivity index (χ3n) is 3.64. The molecule has 1 aliphatic heterocycles. The number of hydrogen-bond donors (Lipinski definition) is 4. The van der Waals surface area contributed by atoms with Gasteiger partial charge in [0.05, 0.1) is 7.11 Å². The maximum Gasteiger partial charge on any atom is 0.408 e. The van der Waals surface area contributed by atoms with Gasteiger partial charge in [-0.25, -0.2) is 9.59 Å². The molecule has 1 amide bonds. The Balaban J connectivity index is 1.79. The topological polar surface area (TPSA) is 118 Å². The number of methoxy groups -OCH3 is 1. The number of carbonyl (C=O) groups is 2. The second-order valence-electron chi connectivity index (χ2n) is 5.71. The van der Waals surface area contributed by atoms with Crippen molar-refractivity contribution in [1.29, 1.82) is 0 Å². The Morgan fingerprint density at radius 2 is 2.11 bits per heavy atom. The number of nitrogens with one attached hydrogen (secondary N) is 3. The van der Waals surface area contributed by atoms with Crippen molar-refractivity contribution in [2.75, 3.05) is 13.7 Å². The van der Waals surface area contributed by atoms with E-state index in [-0.39, 0.29) is 19.1 Å². The molecule has 0 aromatic heterocycles. The van der Waals surface area contributed by atoms with E-state index in [2.05, 4.69) is 36.8 Å². The third-order valence-corrected chi connectivity index (χ3v) is 4.07. The number of amides is 1. The molecule has 0 saturated carbocycles. The quantitative estimate of drug-likeness (QED) is 0.252. The molecule has 2 rings (SSSR count). The van der Waals surface area contributed by atoms with Crippen LogP contribution in [0, 0.1) is 0 Å². The fraction of sp³-hybridized carbons (Fsp3) is 0.412. The Morgan fingerprint density at radius 1 is 1.37 bits per heavy atom. The molecular weight excluding hydrogens is 422 g/mol. The Kier molecular flexibility index (Phi) is 8.52. The zero-order valence-corrected chi connectivity index (χ0v) is 16.3. The molecular formula is C17H22BrN3O6. The second-order valence-corrected chi connectivity index (χ2v) is 6.57. The first-order chi connectivity index (χ1) is 13.0. The van der Waals surface area contributed by atoms with E-state index in [0.717, 1.165) is 5.56 Å². The first-order valence-electron chi connectivity index (χ1n) is 8.23. The van der Waals surface area contributed by atoms with Crippen LogP contribution in [-0.4, -0.2) is 49.2 Å². The fourth-order valence-corrected chi connectivity index (χ4v) is 2.67. The van der Waals surface area contributed by atoms with E-state index in [0.29, 0.717) is 11.2 Å². The highest BCUT2D eigenvalue weighted by Gasteiger charge is 2.26. The summed E-state index contributed by atoms with van der Waals surface area (Å²) >= 11 is 3.23. The summed E-state index contributed by atoms with van der Waals surface area (Å²) in [4.78, 5) is 29.0. The molecule has 0 bridgehead atoms. The lowest BCUT2D eigenvalue weighted by Gasteiger charge is -2.21. The molecule has 1 aromatic rings. The third kappa shape index (κ3) is 7.55. The summed E-state index contributed by atoms with van der Waals surface area (Å²) in [6.07, 6.45) is -0.458. The van der Waals surface area contributed by atoms with Crippen LogP contribution in [0.25, 0.3) is 0 Å². The average Bonchev–Trinajstić information content (AvgIpc) is 3.09. The van der Waals surface area contributed by atoms with Crippen LogP contribution in [0.2, 0.25) is 0 Å². The number of alkyl carbamates (subject to hydrolysis) is 1. The number of benzene rings is 1. The van der Waals surface area contributed by atoms with Gasteiger partial charge in [0, 0.05) is 13.0 Å². The molecule has 0 saturated heterocycles. The normalized spacial score (nSPS) is 18.0. The van der Waals surface area contributed by atoms with E-state index >= 15 is 0 Å². The SMILES string of the molecule is COC(=O)[C@H](CC(O)NCC1C=C(Br)NO1)NC(=O)OCc1ccccc1. The number of hydrogen-bond acceptors (Lipinski definition) is 8. The van der Waals surface area contributed by atoms with E-state index in [1.807, 2.05) is 30.3 Å². The van der Waals surface area contributed by atoms with Crippen LogP contribution in [0.5, 0.6) is 0 Å². The molecule has 10 heteroatoms. The van der Waals surface area contributed by atoms with Crippen molar-refractivity contribution in [1.82, 2.24) is 16.1 Å². The van der Waals surface area contributed by atoms with Crippen LogP contribution >= 0.6 is 15.9 Å². The molecule has 1 aliphatic rings. The van der Waals surface area contributed by atoms with Crippen LogP contribution in [0.4, 0.5) is 4.79 Å². The largest absolute Gasteiger partial charge is 0.467 e. The summed E-state index contributed by atoms with van der Waals surface area (Å²) in [5.74, 6) is -0.686. The highest BCUT2D eigenvalue weighted by molar-refractivity contribution is 9.11. The van der Waals surface area contributed by atoms with E-state index in [1.165, 1.54) is 7.11 Å². The van der Waals surface area contributed by atoms with Gasteiger partial charge in [-0.05, 0) is 27.6 Å². The zero-order valence-electron chi connectivity index (χ0n) is 14.7. The molecule has 1 aromatic carbocycles. The summed E-state index contributed by atoms with van der Waals surface area (Å²) in [6, 6.07) is 8.06. The number of hydroxylamine groups is 1. The number of ether oxygens (including phenoxy) is 2. The fourth-order valence-electron chi connectivity index (χ4n) is 2.29. The summed E-state index contributed by atoms with van der Waals surface area (Å²) in [6.45, 7) is 0.365. The van der Waals surface area contributed by atoms with Gasteiger partial charge in [0.2, 0.25) is 0 Å². The number of halogens is 1. The first kappa shape index (κ1) is 21.2. The van der Waals surface area contributed by atoms with Crippen LogP contribution in [0.3, 0.4) is 0 Å². The molecule has 148 valence electrons. The van der Waals surface area contributed by atoms with Crippen molar-refractivity contribution in [2.24, 2.45) is 0 Å². The van der Waals surface area contributed by atoms with Crippen LogP contribution < -0.4 is 16.1 Å². The Bertz CT molecular complexity index is 657. The van der Waals surface area contributed by atoms with Gasteiger partial charge in [0.1, 0.15) is 29.6 Å². The minimum Gasteiger partial charge on any atom is -0.467 e. The molecule has 2 unspecified atom stereocenters. The predicted octanol–water partition coefficient (Wildman–Crippen LogP) is 0.892. The number of aliphatic hydroxyl groups excluding tert-OH is 1. The predicted molar refractivity (Wildman–Crippen MR) is 99.2 cm³/mol. The first-order valence-corrected chi connectivity index (χ1v) is 9.02. The van der Waals surface area contributed by atoms with E-state index in [4.69, 9.17) is 9.57 Å². The van der Waals surface area contributed by atoms with Gasteiger partial charge in [-0.1, -0.05) is 30.3 Å². The van der Waals surface area contributed by atoms with Crippen molar-refractivity contribution in [3.8, 4) is 0 Å². The minimum absolute atomic E-state index is 0.0641. The molecule has 0 fully saturated rings. The summed E-state index contributed by atoms with van der Waals surface area (Å²) in [5.41, 5.74) is 3.44. The lowest BCUT2D eigenvalue weighted by atomic mass is 10.2. The van der Waals surface area contributed by atoms with Crippen LogP contribution in [0.1, 0.15) is 12.0 Å². The van der Waals surface area contributed by atoms with Crippen molar-refractivity contribution < 1.29 is 29.0 Å². The molecule has 0 radical (unpaired) electrons. The van der Waals surface area contributed by atoms with Crippen LogP contribution in [0.15, 0.2) is 41.0 Å². The zero-order chi connectivity index (χ0) is 19.6. The Labute approximate surface area is 165 Å². The lowest BCUT2D eigenvalue weighted by molar-refractivity contribution is -0.144. The Hall–Kier alpha value is -2.14. The minimum atomic E-state index is -1.07. The van der Waals surface area contributed by atoms with Gasteiger partial charge in [-0.3, -0.25) is 15.6 Å². The number of carbonyl (C=O) groups excluding carboxylic acids is 2. The van der Waals surface area contributed by atoms with E-state index in [9.17, 15) is 14.7 Å². The maximum atomic E-state index is 11.9. The molecule has 4 N–H and O–H groups in total. The maximum absolute atomic E-state index is 11.9.